The predicted molar refractivity (Wildman–Crippen MR) is 73.3 cm³/mol. The molecule has 0 radical (unpaired) electrons. The lowest BCUT2D eigenvalue weighted by Crippen LogP contribution is -2.22. The molecule has 0 aliphatic heterocycles. The van der Waals surface area contributed by atoms with E-state index >= 15 is 0 Å². The Morgan fingerprint density at radius 2 is 2.06 bits per heavy atom. The van der Waals surface area contributed by atoms with E-state index in [9.17, 15) is 9.18 Å². The summed E-state index contributed by atoms with van der Waals surface area (Å²) in [5.74, 6) is 1.57. The summed E-state index contributed by atoms with van der Waals surface area (Å²) in [6, 6.07) is 6.45. The molecule has 1 saturated carbocycles. The van der Waals surface area contributed by atoms with Crippen molar-refractivity contribution < 1.29 is 9.18 Å². The van der Waals surface area contributed by atoms with Gasteiger partial charge >= 0.3 is 0 Å². The molecular weight excluding hydrogens is 247 g/mol. The van der Waals surface area contributed by atoms with Gasteiger partial charge in [-0.2, -0.15) is 0 Å². The van der Waals surface area contributed by atoms with Crippen molar-refractivity contribution in [3.05, 3.63) is 30.1 Å². The summed E-state index contributed by atoms with van der Waals surface area (Å²) in [5.41, 5.74) is 0. The van der Waals surface area contributed by atoms with Crippen molar-refractivity contribution in [2.45, 2.75) is 37.5 Å². The van der Waals surface area contributed by atoms with Gasteiger partial charge in [-0.05, 0) is 37.0 Å². The highest BCUT2D eigenvalue weighted by Gasteiger charge is 2.23. The zero-order chi connectivity index (χ0) is 13.0. The summed E-state index contributed by atoms with van der Waals surface area (Å²) < 4.78 is 13.0. The predicted octanol–water partition coefficient (Wildman–Crippen LogP) is 4.31. The molecule has 1 aromatic rings. The van der Waals surface area contributed by atoms with Gasteiger partial charge in [-0.25, -0.2) is 4.39 Å². The van der Waals surface area contributed by atoms with E-state index in [4.69, 9.17) is 0 Å². The lowest BCUT2D eigenvalue weighted by Gasteiger charge is -2.24. The van der Waals surface area contributed by atoms with Crippen molar-refractivity contribution >= 4 is 17.5 Å². The first-order valence-electron chi connectivity index (χ1n) is 6.56. The smallest absolute Gasteiger partial charge is 0.146 e. The zero-order valence-corrected chi connectivity index (χ0v) is 11.5. The molecule has 2 rings (SSSR count). The molecule has 3 heteroatoms. The van der Waals surface area contributed by atoms with Crippen molar-refractivity contribution in [2.24, 2.45) is 11.8 Å². The molecule has 1 aromatic carbocycles. The Bertz CT molecular complexity index is 411. The van der Waals surface area contributed by atoms with Crippen LogP contribution in [0.2, 0.25) is 0 Å². The van der Waals surface area contributed by atoms with E-state index in [1.807, 2.05) is 6.07 Å². The Morgan fingerprint density at radius 1 is 1.33 bits per heavy atom. The van der Waals surface area contributed by atoms with Gasteiger partial charge in [0.1, 0.15) is 11.6 Å². The highest BCUT2D eigenvalue weighted by molar-refractivity contribution is 8.00. The summed E-state index contributed by atoms with van der Waals surface area (Å²) >= 11 is 1.45. The Balaban J connectivity index is 1.81. The van der Waals surface area contributed by atoms with Crippen LogP contribution in [-0.2, 0) is 4.79 Å². The van der Waals surface area contributed by atoms with Gasteiger partial charge in [-0.3, -0.25) is 4.79 Å². The molecule has 18 heavy (non-hydrogen) atoms. The summed E-state index contributed by atoms with van der Waals surface area (Å²) in [7, 11) is 0. The maximum atomic E-state index is 13.0. The van der Waals surface area contributed by atoms with Crippen molar-refractivity contribution in [1.82, 2.24) is 0 Å². The second-order valence-corrected chi connectivity index (χ2v) is 6.22. The quantitative estimate of drug-likeness (QED) is 0.755. The molecule has 1 aliphatic carbocycles. The highest BCUT2D eigenvalue weighted by atomic mass is 32.2. The number of Topliss-reactive ketones (excluding diaryl/α,β-unsaturated/α-hetero) is 1. The van der Waals surface area contributed by atoms with Gasteiger partial charge in [-0.15, -0.1) is 11.8 Å². The van der Waals surface area contributed by atoms with Crippen LogP contribution in [-0.4, -0.2) is 11.5 Å². The maximum Gasteiger partial charge on any atom is 0.146 e. The molecule has 0 amide bonds. The molecular formula is C15H19FOS. The lowest BCUT2D eigenvalue weighted by atomic mass is 9.81. The normalized spacial score (nSPS) is 23.9. The van der Waals surface area contributed by atoms with E-state index in [-0.39, 0.29) is 11.7 Å². The van der Waals surface area contributed by atoms with Gasteiger partial charge in [-0.1, -0.05) is 25.8 Å². The number of rotatable bonds is 4. The lowest BCUT2D eigenvalue weighted by molar-refractivity contribution is -0.121. The van der Waals surface area contributed by atoms with Gasteiger partial charge in [0.2, 0.25) is 0 Å². The molecule has 0 aromatic heterocycles. The zero-order valence-electron chi connectivity index (χ0n) is 10.7. The largest absolute Gasteiger partial charge is 0.298 e. The number of halogens is 1. The first-order chi connectivity index (χ1) is 8.65. The van der Waals surface area contributed by atoms with Crippen LogP contribution in [0.15, 0.2) is 29.2 Å². The van der Waals surface area contributed by atoms with Crippen LogP contribution >= 0.6 is 11.8 Å². The van der Waals surface area contributed by atoms with E-state index in [2.05, 4.69) is 6.92 Å². The average Bonchev–Trinajstić information content (AvgIpc) is 2.37. The molecule has 1 fully saturated rings. The average molecular weight is 266 g/mol. The summed E-state index contributed by atoms with van der Waals surface area (Å²) in [5, 5.41) is 0. The number of carbonyl (C=O) groups excluding carboxylic acids is 1. The van der Waals surface area contributed by atoms with E-state index in [0.717, 1.165) is 23.7 Å². The maximum absolute atomic E-state index is 13.0. The topological polar surface area (TPSA) is 17.1 Å². The fraction of sp³-hybridized carbons (Fsp3) is 0.533. The Labute approximate surface area is 112 Å². The third-order valence-electron chi connectivity index (χ3n) is 3.65. The third-order valence-corrected chi connectivity index (χ3v) is 4.66. The number of hydrogen-bond donors (Lipinski definition) is 0. The van der Waals surface area contributed by atoms with Crippen molar-refractivity contribution in [3.63, 3.8) is 0 Å². The minimum absolute atomic E-state index is 0.237. The van der Waals surface area contributed by atoms with Gasteiger partial charge in [0.05, 0.1) is 5.75 Å². The van der Waals surface area contributed by atoms with Gasteiger partial charge < -0.3 is 0 Å². The van der Waals surface area contributed by atoms with Crippen molar-refractivity contribution in [1.29, 1.82) is 0 Å². The molecule has 0 atom stereocenters. The molecule has 1 aliphatic rings. The number of carbonyl (C=O) groups is 1. The molecule has 0 bridgehead atoms. The van der Waals surface area contributed by atoms with Crippen LogP contribution in [0, 0.1) is 17.7 Å². The van der Waals surface area contributed by atoms with Crippen molar-refractivity contribution in [2.75, 3.05) is 5.75 Å². The molecule has 0 saturated heterocycles. The van der Waals surface area contributed by atoms with Gasteiger partial charge in [0.15, 0.2) is 0 Å². The summed E-state index contributed by atoms with van der Waals surface area (Å²) in [4.78, 5) is 12.9. The SMILES string of the molecule is CC1CCC(C(=O)CSc2cccc(F)c2)CC1. The number of benzene rings is 1. The second-order valence-electron chi connectivity index (χ2n) is 5.17. The summed E-state index contributed by atoms with van der Waals surface area (Å²) in [6.45, 7) is 2.25. The Hall–Kier alpha value is -0.830. The minimum atomic E-state index is -0.237. The van der Waals surface area contributed by atoms with Crippen LogP contribution in [0.25, 0.3) is 0 Å². The fourth-order valence-corrected chi connectivity index (χ4v) is 3.33. The third kappa shape index (κ3) is 3.84. The Morgan fingerprint density at radius 3 is 2.72 bits per heavy atom. The minimum Gasteiger partial charge on any atom is -0.298 e. The first kappa shape index (κ1) is 13.6. The van der Waals surface area contributed by atoms with Crippen LogP contribution in [0.3, 0.4) is 0 Å². The molecule has 0 spiro atoms. The van der Waals surface area contributed by atoms with E-state index < -0.39 is 0 Å². The van der Waals surface area contributed by atoms with Gasteiger partial charge in [0, 0.05) is 10.8 Å². The number of ketones is 1. The Kier molecular flexibility index (Phi) is 4.81. The summed E-state index contributed by atoms with van der Waals surface area (Å²) in [6.07, 6.45) is 4.40. The number of hydrogen-bond acceptors (Lipinski definition) is 2. The highest BCUT2D eigenvalue weighted by Crippen LogP contribution is 2.30. The second kappa shape index (κ2) is 6.37. The molecule has 0 unspecified atom stereocenters. The van der Waals surface area contributed by atoms with Crippen LogP contribution in [0.1, 0.15) is 32.6 Å². The van der Waals surface area contributed by atoms with Crippen LogP contribution in [0.5, 0.6) is 0 Å². The van der Waals surface area contributed by atoms with Crippen LogP contribution in [0.4, 0.5) is 4.39 Å². The molecule has 1 nitrogen and oxygen atoms in total. The van der Waals surface area contributed by atoms with E-state index in [0.29, 0.717) is 11.5 Å². The molecule has 0 N–H and O–H groups in total. The van der Waals surface area contributed by atoms with Crippen molar-refractivity contribution in [3.8, 4) is 0 Å². The standard InChI is InChI=1S/C15H19FOS/c1-11-5-7-12(8-6-11)15(17)10-18-14-4-2-3-13(16)9-14/h2-4,9,11-12H,5-8,10H2,1H3. The fourth-order valence-electron chi connectivity index (χ4n) is 2.41. The monoisotopic (exact) mass is 266 g/mol. The molecule has 98 valence electrons. The van der Waals surface area contributed by atoms with E-state index in [1.54, 1.807) is 6.07 Å². The van der Waals surface area contributed by atoms with Crippen LogP contribution < -0.4 is 0 Å². The van der Waals surface area contributed by atoms with E-state index in [1.165, 1.54) is 36.7 Å². The number of thioether (sulfide) groups is 1. The van der Waals surface area contributed by atoms with Gasteiger partial charge in [0.25, 0.3) is 0 Å². The first-order valence-corrected chi connectivity index (χ1v) is 7.55. The molecule has 0 heterocycles.